The Labute approximate surface area is 164 Å². The number of aromatic hydroxyl groups is 1. The third kappa shape index (κ3) is 4.54. The monoisotopic (exact) mass is 382 g/mol. The normalized spacial score (nSPS) is 16.1. The van der Waals surface area contributed by atoms with E-state index in [4.69, 9.17) is 4.74 Å². The number of methoxy groups -OCH3 is 1. The van der Waals surface area contributed by atoms with E-state index in [1.165, 1.54) is 7.11 Å². The Kier molecular flexibility index (Phi) is 6.37. The molecule has 0 saturated carbocycles. The average molecular weight is 382 g/mol. The highest BCUT2D eigenvalue weighted by Crippen LogP contribution is 2.31. The Bertz CT molecular complexity index is 866. The summed E-state index contributed by atoms with van der Waals surface area (Å²) in [5.41, 5.74) is 2.67. The number of carbonyl (C=O) groups excluding carboxylic acids is 1. The van der Waals surface area contributed by atoms with Crippen LogP contribution in [0.4, 0.5) is 5.69 Å². The van der Waals surface area contributed by atoms with Crippen LogP contribution in [0.2, 0.25) is 0 Å². The van der Waals surface area contributed by atoms with Gasteiger partial charge in [-0.05, 0) is 24.6 Å². The molecule has 7 nitrogen and oxygen atoms in total. The van der Waals surface area contributed by atoms with Gasteiger partial charge in [-0.2, -0.15) is 0 Å². The molecule has 0 radical (unpaired) electrons. The van der Waals surface area contributed by atoms with Crippen molar-refractivity contribution in [2.24, 2.45) is 4.99 Å². The van der Waals surface area contributed by atoms with E-state index in [-0.39, 0.29) is 17.6 Å². The summed E-state index contributed by atoms with van der Waals surface area (Å²) in [7, 11) is 1.52. The predicted octanol–water partition coefficient (Wildman–Crippen LogP) is 2.58. The number of amides is 1. The zero-order valence-corrected chi connectivity index (χ0v) is 16.2. The van der Waals surface area contributed by atoms with Crippen LogP contribution in [-0.4, -0.2) is 37.2 Å². The number of nitrogens with one attached hydrogen (secondary N) is 3. The van der Waals surface area contributed by atoms with Crippen molar-refractivity contribution in [1.82, 2.24) is 10.6 Å². The van der Waals surface area contributed by atoms with E-state index in [0.717, 1.165) is 11.3 Å². The van der Waals surface area contributed by atoms with Crippen molar-refractivity contribution >= 4 is 17.6 Å². The Morgan fingerprint density at radius 3 is 2.86 bits per heavy atom. The van der Waals surface area contributed by atoms with Gasteiger partial charge in [0.05, 0.1) is 13.7 Å². The van der Waals surface area contributed by atoms with Crippen LogP contribution in [0.25, 0.3) is 0 Å². The number of guanidine groups is 1. The van der Waals surface area contributed by atoms with Crippen molar-refractivity contribution in [2.45, 2.75) is 25.8 Å². The van der Waals surface area contributed by atoms with Gasteiger partial charge in [0.2, 0.25) is 5.91 Å². The number of para-hydroxylation sites is 2. The standard InChI is InChI=1S/C21H26N4O3/c1-3-22-21(23-12-14-7-6-10-18(28-2)20(14)27)24-13-15-11-19(26)25-17-9-5-4-8-16(15)17/h4-10,15,27H,3,11-13H2,1-2H3,(H,25,26)(H2,22,23,24). The molecule has 4 N–H and O–H groups in total. The van der Waals surface area contributed by atoms with Crippen molar-refractivity contribution in [3.8, 4) is 11.5 Å². The van der Waals surface area contributed by atoms with E-state index in [0.29, 0.717) is 43.3 Å². The topological polar surface area (TPSA) is 95.0 Å². The number of phenols is 1. The second-order valence-electron chi connectivity index (χ2n) is 6.58. The van der Waals surface area contributed by atoms with E-state index >= 15 is 0 Å². The minimum atomic E-state index is 0.0220. The third-order valence-electron chi connectivity index (χ3n) is 4.68. The van der Waals surface area contributed by atoms with Crippen LogP contribution in [0.15, 0.2) is 47.5 Å². The van der Waals surface area contributed by atoms with Crippen molar-refractivity contribution in [3.63, 3.8) is 0 Å². The van der Waals surface area contributed by atoms with Crippen molar-refractivity contribution in [1.29, 1.82) is 0 Å². The highest BCUT2D eigenvalue weighted by Gasteiger charge is 2.24. The molecular weight excluding hydrogens is 356 g/mol. The van der Waals surface area contributed by atoms with Gasteiger partial charge in [0.25, 0.3) is 0 Å². The molecule has 0 aromatic heterocycles. The summed E-state index contributed by atoms with van der Waals surface area (Å²) >= 11 is 0. The van der Waals surface area contributed by atoms with Gasteiger partial charge in [0.15, 0.2) is 17.5 Å². The first kappa shape index (κ1) is 19.5. The zero-order valence-electron chi connectivity index (χ0n) is 16.2. The van der Waals surface area contributed by atoms with Gasteiger partial charge in [-0.15, -0.1) is 0 Å². The Hall–Kier alpha value is -3.22. The molecule has 1 amide bonds. The number of benzene rings is 2. The minimum absolute atomic E-state index is 0.0220. The smallest absolute Gasteiger partial charge is 0.225 e. The lowest BCUT2D eigenvalue weighted by atomic mass is 9.90. The number of phenolic OH excluding ortho intramolecular Hbond substituents is 1. The summed E-state index contributed by atoms with van der Waals surface area (Å²) in [6, 6.07) is 13.2. The maximum atomic E-state index is 12.0. The highest BCUT2D eigenvalue weighted by atomic mass is 16.5. The molecule has 148 valence electrons. The van der Waals surface area contributed by atoms with Crippen LogP contribution in [0.3, 0.4) is 0 Å². The quantitative estimate of drug-likeness (QED) is 0.455. The summed E-state index contributed by atoms with van der Waals surface area (Å²) in [5.74, 6) is 1.25. The van der Waals surface area contributed by atoms with E-state index in [9.17, 15) is 9.90 Å². The summed E-state index contributed by atoms with van der Waals surface area (Å²) in [6.45, 7) is 3.59. The first-order valence-electron chi connectivity index (χ1n) is 9.38. The zero-order chi connectivity index (χ0) is 19.9. The van der Waals surface area contributed by atoms with E-state index in [2.05, 4.69) is 20.9 Å². The molecule has 1 aliphatic heterocycles. The van der Waals surface area contributed by atoms with E-state index in [1.807, 2.05) is 43.3 Å². The molecule has 1 heterocycles. The molecule has 1 atom stereocenters. The number of aliphatic imine (C=N–C) groups is 1. The summed E-state index contributed by atoms with van der Waals surface area (Å²) in [6.07, 6.45) is 0.431. The number of fused-ring (bicyclic) bond motifs is 1. The second-order valence-corrected chi connectivity index (χ2v) is 6.58. The van der Waals surface area contributed by atoms with Gasteiger partial charge in [-0.25, -0.2) is 4.99 Å². The van der Waals surface area contributed by atoms with Gasteiger partial charge in [-0.3, -0.25) is 4.79 Å². The number of anilines is 1. The SMILES string of the molecule is CCNC(=NCc1cccc(OC)c1O)NCC1CC(=O)Nc2ccccc21. The molecule has 0 saturated heterocycles. The second kappa shape index (κ2) is 9.12. The number of hydrogen-bond donors (Lipinski definition) is 4. The van der Waals surface area contributed by atoms with Gasteiger partial charge >= 0.3 is 0 Å². The average Bonchev–Trinajstić information content (AvgIpc) is 2.70. The lowest BCUT2D eigenvalue weighted by molar-refractivity contribution is -0.116. The van der Waals surface area contributed by atoms with Gasteiger partial charge < -0.3 is 25.8 Å². The summed E-state index contributed by atoms with van der Waals surface area (Å²) in [5, 5.41) is 19.7. The fourth-order valence-corrected chi connectivity index (χ4v) is 3.27. The first-order valence-corrected chi connectivity index (χ1v) is 9.38. The maximum absolute atomic E-state index is 12.0. The van der Waals surface area contributed by atoms with E-state index < -0.39 is 0 Å². The molecule has 0 spiro atoms. The third-order valence-corrected chi connectivity index (χ3v) is 4.68. The molecule has 0 bridgehead atoms. The fourth-order valence-electron chi connectivity index (χ4n) is 3.27. The number of carbonyl (C=O) groups is 1. The van der Waals surface area contributed by atoms with Crippen LogP contribution in [0.1, 0.15) is 30.4 Å². The lowest BCUT2D eigenvalue weighted by Gasteiger charge is -2.26. The van der Waals surface area contributed by atoms with Crippen LogP contribution in [-0.2, 0) is 11.3 Å². The molecule has 3 rings (SSSR count). The van der Waals surface area contributed by atoms with Crippen LogP contribution in [0, 0.1) is 0 Å². The molecular formula is C21H26N4O3. The minimum Gasteiger partial charge on any atom is -0.504 e. The van der Waals surface area contributed by atoms with E-state index in [1.54, 1.807) is 6.07 Å². The molecule has 7 heteroatoms. The van der Waals surface area contributed by atoms with Crippen LogP contribution in [0.5, 0.6) is 11.5 Å². The van der Waals surface area contributed by atoms with Crippen molar-refractivity contribution in [2.75, 3.05) is 25.5 Å². The largest absolute Gasteiger partial charge is 0.504 e. The Balaban J connectivity index is 1.70. The number of nitrogens with zero attached hydrogens (tertiary/aromatic N) is 1. The molecule has 2 aromatic rings. The Morgan fingerprint density at radius 2 is 2.07 bits per heavy atom. The molecule has 2 aromatic carbocycles. The molecule has 0 aliphatic carbocycles. The highest BCUT2D eigenvalue weighted by molar-refractivity contribution is 5.94. The van der Waals surface area contributed by atoms with Crippen molar-refractivity contribution < 1.29 is 14.6 Å². The van der Waals surface area contributed by atoms with Gasteiger partial charge in [0, 0.05) is 36.7 Å². The summed E-state index contributed by atoms with van der Waals surface area (Å²) in [4.78, 5) is 16.5. The number of ether oxygens (including phenoxy) is 1. The maximum Gasteiger partial charge on any atom is 0.225 e. The molecule has 28 heavy (non-hydrogen) atoms. The molecule has 0 fully saturated rings. The van der Waals surface area contributed by atoms with Gasteiger partial charge in [0.1, 0.15) is 0 Å². The van der Waals surface area contributed by atoms with Crippen LogP contribution >= 0.6 is 0 Å². The van der Waals surface area contributed by atoms with Crippen LogP contribution < -0.4 is 20.7 Å². The molecule has 1 aliphatic rings. The van der Waals surface area contributed by atoms with Crippen molar-refractivity contribution in [3.05, 3.63) is 53.6 Å². The first-order chi connectivity index (χ1) is 13.6. The summed E-state index contributed by atoms with van der Waals surface area (Å²) < 4.78 is 5.14. The Morgan fingerprint density at radius 1 is 1.25 bits per heavy atom. The van der Waals surface area contributed by atoms with Gasteiger partial charge in [-0.1, -0.05) is 30.3 Å². The lowest BCUT2D eigenvalue weighted by Crippen LogP contribution is -2.40. The number of hydrogen-bond acceptors (Lipinski definition) is 4. The number of rotatable bonds is 6. The molecule has 1 unspecified atom stereocenters. The predicted molar refractivity (Wildman–Crippen MR) is 110 cm³/mol. The fraction of sp³-hybridized carbons (Fsp3) is 0.333.